The quantitative estimate of drug-likeness (QED) is 0.814. The second kappa shape index (κ2) is 8.29. The zero-order valence-electron chi connectivity index (χ0n) is 16.6. The number of piperidine rings is 1. The first-order valence-electron chi connectivity index (χ1n) is 10.6. The van der Waals surface area contributed by atoms with Gasteiger partial charge in [-0.05, 0) is 44.7 Å². The molecule has 1 amide bonds. The summed E-state index contributed by atoms with van der Waals surface area (Å²) < 4.78 is 1.69. The molecule has 0 N–H and O–H groups in total. The normalized spacial score (nSPS) is 19.0. The predicted molar refractivity (Wildman–Crippen MR) is 109 cm³/mol. The van der Waals surface area contributed by atoms with E-state index in [2.05, 4.69) is 14.9 Å². The summed E-state index contributed by atoms with van der Waals surface area (Å²) in [5.41, 5.74) is 1.28. The van der Waals surface area contributed by atoms with Gasteiger partial charge >= 0.3 is 0 Å². The topological polar surface area (TPSA) is 71.3 Å². The number of carbonyl (C=O) groups excluding carboxylic acids is 1. The smallest absolute Gasteiger partial charge is 0.295 e. The Balaban J connectivity index is 1.50. The monoisotopic (exact) mass is 383 g/mol. The highest BCUT2D eigenvalue weighted by Gasteiger charge is 2.30. The maximum Gasteiger partial charge on any atom is 0.295 e. The van der Waals surface area contributed by atoms with Gasteiger partial charge in [-0.15, -0.1) is 0 Å². The Morgan fingerprint density at radius 2 is 1.82 bits per heavy atom. The van der Waals surface area contributed by atoms with Gasteiger partial charge in [-0.2, -0.15) is 0 Å². The maximum atomic E-state index is 13.0. The first-order chi connectivity index (χ1) is 13.7. The highest BCUT2D eigenvalue weighted by atomic mass is 16.2. The Bertz CT molecular complexity index is 893. The molecule has 0 spiro atoms. The van der Waals surface area contributed by atoms with Crippen LogP contribution in [0.2, 0.25) is 0 Å². The van der Waals surface area contributed by atoms with Crippen molar-refractivity contribution in [3.8, 4) is 0 Å². The maximum absolute atomic E-state index is 13.0. The van der Waals surface area contributed by atoms with Crippen molar-refractivity contribution >= 4 is 22.9 Å². The summed E-state index contributed by atoms with van der Waals surface area (Å²) in [6.45, 7) is 5.71. The van der Waals surface area contributed by atoms with Gasteiger partial charge in [0.25, 0.3) is 5.56 Å². The van der Waals surface area contributed by atoms with Crippen molar-refractivity contribution in [3.63, 3.8) is 0 Å². The van der Waals surface area contributed by atoms with Crippen LogP contribution in [0, 0.1) is 5.92 Å². The van der Waals surface area contributed by atoms with Crippen molar-refractivity contribution in [1.82, 2.24) is 19.4 Å². The minimum Gasteiger partial charge on any atom is -0.352 e. The fraction of sp³-hybridized carbons (Fsp3) is 0.619. The summed E-state index contributed by atoms with van der Waals surface area (Å²) in [5.74, 6) is 0.871. The van der Waals surface area contributed by atoms with E-state index >= 15 is 0 Å². The molecule has 0 aliphatic carbocycles. The van der Waals surface area contributed by atoms with Crippen LogP contribution in [0.4, 0.5) is 5.82 Å². The highest BCUT2D eigenvalue weighted by molar-refractivity contribution is 5.79. The van der Waals surface area contributed by atoms with Gasteiger partial charge in [-0.3, -0.25) is 14.2 Å². The first kappa shape index (κ1) is 18.9. The van der Waals surface area contributed by atoms with Crippen LogP contribution in [0.1, 0.15) is 45.4 Å². The van der Waals surface area contributed by atoms with Crippen LogP contribution in [0.5, 0.6) is 0 Å². The number of hydrogen-bond acceptors (Lipinski definition) is 5. The summed E-state index contributed by atoms with van der Waals surface area (Å²) in [7, 11) is 0. The Hall–Kier alpha value is -2.44. The van der Waals surface area contributed by atoms with Gasteiger partial charge < -0.3 is 9.80 Å². The second-order valence-corrected chi connectivity index (χ2v) is 7.83. The minimum absolute atomic E-state index is 0.0740. The lowest BCUT2D eigenvalue weighted by molar-refractivity contribution is -0.136. The van der Waals surface area contributed by atoms with Crippen LogP contribution < -0.4 is 10.5 Å². The molecule has 2 fully saturated rings. The summed E-state index contributed by atoms with van der Waals surface area (Å²) in [6, 6.07) is 3.74. The summed E-state index contributed by atoms with van der Waals surface area (Å²) >= 11 is 0. The Kier molecular flexibility index (Phi) is 5.59. The van der Waals surface area contributed by atoms with Gasteiger partial charge in [0.05, 0.1) is 0 Å². The number of rotatable bonds is 3. The largest absolute Gasteiger partial charge is 0.352 e. The molecule has 0 radical (unpaired) electrons. The van der Waals surface area contributed by atoms with Gasteiger partial charge in [0.1, 0.15) is 5.52 Å². The molecule has 2 aromatic rings. The van der Waals surface area contributed by atoms with Crippen molar-refractivity contribution in [2.75, 3.05) is 31.1 Å². The summed E-state index contributed by atoms with van der Waals surface area (Å²) in [4.78, 5) is 38.9. The average Bonchev–Trinajstić information content (AvgIpc) is 3.02. The molecule has 150 valence electrons. The molecule has 0 atom stereocenters. The fourth-order valence-corrected chi connectivity index (χ4v) is 4.45. The summed E-state index contributed by atoms with van der Waals surface area (Å²) in [5, 5.41) is 0. The third-order valence-electron chi connectivity index (χ3n) is 6.06. The van der Waals surface area contributed by atoms with Crippen LogP contribution in [0.15, 0.2) is 23.1 Å². The van der Waals surface area contributed by atoms with E-state index in [0.717, 1.165) is 44.3 Å². The van der Waals surface area contributed by atoms with E-state index < -0.39 is 0 Å². The number of pyridine rings is 1. The summed E-state index contributed by atoms with van der Waals surface area (Å²) in [6.07, 6.45) is 7.96. The van der Waals surface area contributed by atoms with E-state index in [1.54, 1.807) is 10.8 Å². The Morgan fingerprint density at radius 1 is 1.11 bits per heavy atom. The third kappa shape index (κ3) is 3.62. The van der Waals surface area contributed by atoms with Crippen molar-refractivity contribution in [2.24, 2.45) is 5.92 Å². The lowest BCUT2D eigenvalue weighted by atomic mass is 9.95. The van der Waals surface area contributed by atoms with Crippen molar-refractivity contribution < 1.29 is 4.79 Å². The minimum atomic E-state index is -0.0917. The van der Waals surface area contributed by atoms with Crippen LogP contribution in [-0.4, -0.2) is 51.5 Å². The molecule has 0 saturated carbocycles. The number of anilines is 1. The average molecular weight is 383 g/mol. The highest BCUT2D eigenvalue weighted by Crippen LogP contribution is 2.24. The van der Waals surface area contributed by atoms with E-state index in [0.29, 0.717) is 37.0 Å². The van der Waals surface area contributed by atoms with Gasteiger partial charge in [0, 0.05) is 44.8 Å². The molecule has 0 unspecified atom stereocenters. The molecule has 7 heteroatoms. The third-order valence-corrected chi connectivity index (χ3v) is 6.06. The van der Waals surface area contributed by atoms with Crippen LogP contribution in [0.3, 0.4) is 0 Å². The number of likely N-dealkylation sites (tertiary alicyclic amines) is 1. The standard InChI is InChI=1S/C21H29N5O2/c1-2-26-18-17(8-7-11-22-18)23-19(21(26)28)24-14-9-16(10-15-24)20(27)25-12-5-3-4-6-13-25/h7-8,11,16H,2-6,9-10,12-15H2,1H3. The zero-order valence-corrected chi connectivity index (χ0v) is 16.6. The van der Waals surface area contributed by atoms with Crippen LogP contribution in [0.25, 0.3) is 11.2 Å². The zero-order chi connectivity index (χ0) is 19.5. The number of fused-ring (bicyclic) bond motifs is 1. The van der Waals surface area contributed by atoms with E-state index in [1.807, 2.05) is 24.0 Å². The van der Waals surface area contributed by atoms with E-state index in [-0.39, 0.29) is 11.5 Å². The van der Waals surface area contributed by atoms with Crippen molar-refractivity contribution in [3.05, 3.63) is 28.7 Å². The molecule has 2 aliphatic heterocycles. The Labute approximate surface area is 165 Å². The van der Waals surface area contributed by atoms with Gasteiger partial charge in [-0.25, -0.2) is 9.97 Å². The molecule has 0 aromatic carbocycles. The second-order valence-electron chi connectivity index (χ2n) is 7.83. The van der Waals surface area contributed by atoms with Crippen molar-refractivity contribution in [2.45, 2.75) is 52.0 Å². The first-order valence-corrected chi connectivity index (χ1v) is 10.6. The van der Waals surface area contributed by atoms with E-state index in [4.69, 9.17) is 0 Å². The number of hydrogen-bond donors (Lipinski definition) is 0. The molecule has 4 heterocycles. The van der Waals surface area contributed by atoms with Gasteiger partial charge in [-0.1, -0.05) is 12.8 Å². The number of amides is 1. The SMILES string of the molecule is CCn1c(=O)c(N2CCC(C(=O)N3CCCCCC3)CC2)nc2cccnc21. The molecular weight excluding hydrogens is 354 g/mol. The number of aryl methyl sites for hydroxylation is 1. The molecule has 2 aliphatic rings. The van der Waals surface area contributed by atoms with E-state index in [1.165, 1.54) is 12.8 Å². The number of nitrogens with zero attached hydrogens (tertiary/aromatic N) is 5. The van der Waals surface area contributed by atoms with E-state index in [9.17, 15) is 9.59 Å². The van der Waals surface area contributed by atoms with Gasteiger partial charge in [0.2, 0.25) is 5.91 Å². The molecule has 2 saturated heterocycles. The molecular formula is C21H29N5O2. The molecule has 28 heavy (non-hydrogen) atoms. The number of carbonyl (C=O) groups is 1. The van der Waals surface area contributed by atoms with Crippen LogP contribution >= 0.6 is 0 Å². The van der Waals surface area contributed by atoms with Crippen molar-refractivity contribution in [1.29, 1.82) is 0 Å². The molecule has 4 rings (SSSR count). The lowest BCUT2D eigenvalue weighted by Gasteiger charge is -2.34. The Morgan fingerprint density at radius 3 is 2.50 bits per heavy atom. The number of aromatic nitrogens is 3. The fourth-order valence-electron chi connectivity index (χ4n) is 4.45. The molecule has 0 bridgehead atoms. The van der Waals surface area contributed by atoms with Gasteiger partial charge in [0.15, 0.2) is 11.5 Å². The lowest BCUT2D eigenvalue weighted by Crippen LogP contribution is -2.44. The molecule has 2 aromatic heterocycles. The van der Waals surface area contributed by atoms with Crippen LogP contribution in [-0.2, 0) is 11.3 Å². The molecule has 7 nitrogen and oxygen atoms in total. The predicted octanol–water partition coefficient (Wildman–Crippen LogP) is 2.43.